The van der Waals surface area contributed by atoms with E-state index in [1.807, 2.05) is 20.8 Å². The topological polar surface area (TPSA) is 52.2 Å². The Morgan fingerprint density at radius 2 is 2.07 bits per heavy atom. The van der Waals surface area contributed by atoms with E-state index in [0.29, 0.717) is 5.65 Å². The lowest BCUT2D eigenvalue weighted by molar-refractivity contribution is 0.384. The van der Waals surface area contributed by atoms with E-state index in [0.717, 1.165) is 0 Å². The minimum atomic E-state index is -0.231. The van der Waals surface area contributed by atoms with Gasteiger partial charge < -0.3 is 0 Å². The molecule has 0 saturated heterocycles. The van der Waals surface area contributed by atoms with Crippen LogP contribution in [-0.2, 0) is 5.54 Å². The summed E-state index contributed by atoms with van der Waals surface area (Å²) in [6, 6.07) is 0. The number of imidazole rings is 1. The van der Waals surface area contributed by atoms with E-state index in [4.69, 9.17) is 0 Å². The maximum atomic E-state index is 11.8. The van der Waals surface area contributed by atoms with Gasteiger partial charge in [0.1, 0.15) is 12.7 Å². The summed E-state index contributed by atoms with van der Waals surface area (Å²) in [5.41, 5.74) is 0.290. The standard InChI is InChI=1S/C9H12N4O/c1-9(2,3)13-4-7-11-5-10-6-12(7)8(13)14/h4-6H,1-3H3. The van der Waals surface area contributed by atoms with Gasteiger partial charge in [0.25, 0.3) is 0 Å². The van der Waals surface area contributed by atoms with E-state index >= 15 is 0 Å². The fourth-order valence-electron chi connectivity index (χ4n) is 1.32. The first-order valence-corrected chi connectivity index (χ1v) is 4.40. The molecule has 2 aromatic rings. The fourth-order valence-corrected chi connectivity index (χ4v) is 1.32. The third-order valence-electron chi connectivity index (χ3n) is 2.07. The molecule has 14 heavy (non-hydrogen) atoms. The molecular weight excluding hydrogens is 180 g/mol. The first-order valence-electron chi connectivity index (χ1n) is 4.40. The molecule has 74 valence electrons. The maximum Gasteiger partial charge on any atom is 0.335 e. The molecular formula is C9H12N4O. The summed E-state index contributed by atoms with van der Waals surface area (Å²) < 4.78 is 3.09. The van der Waals surface area contributed by atoms with Crippen LogP contribution in [0.15, 0.2) is 23.6 Å². The third kappa shape index (κ3) is 1.21. The molecule has 2 heterocycles. The molecule has 0 bridgehead atoms. The first-order chi connectivity index (χ1) is 6.50. The number of aromatic nitrogens is 4. The van der Waals surface area contributed by atoms with Gasteiger partial charge in [0.2, 0.25) is 0 Å². The normalized spacial score (nSPS) is 12.2. The Balaban J connectivity index is 2.82. The van der Waals surface area contributed by atoms with Gasteiger partial charge >= 0.3 is 5.69 Å². The summed E-state index contributed by atoms with van der Waals surface area (Å²) in [6.07, 6.45) is 4.65. The second-order valence-electron chi connectivity index (χ2n) is 4.19. The molecule has 5 nitrogen and oxygen atoms in total. The van der Waals surface area contributed by atoms with Crippen LogP contribution in [0.1, 0.15) is 20.8 Å². The number of fused-ring (bicyclic) bond motifs is 1. The zero-order chi connectivity index (χ0) is 10.3. The van der Waals surface area contributed by atoms with Gasteiger partial charge in [-0.15, -0.1) is 0 Å². The van der Waals surface area contributed by atoms with Gasteiger partial charge in [-0.1, -0.05) is 0 Å². The molecule has 0 N–H and O–H groups in total. The SMILES string of the molecule is CC(C)(C)n1cc2ncncn2c1=O. The largest absolute Gasteiger partial charge is 0.335 e. The molecule has 0 spiro atoms. The van der Waals surface area contributed by atoms with Crippen molar-refractivity contribution in [3.8, 4) is 0 Å². The molecule has 0 radical (unpaired) electrons. The highest BCUT2D eigenvalue weighted by atomic mass is 16.1. The van der Waals surface area contributed by atoms with Gasteiger partial charge in [0.05, 0.1) is 6.20 Å². The van der Waals surface area contributed by atoms with Gasteiger partial charge in [-0.2, -0.15) is 0 Å². The van der Waals surface area contributed by atoms with Crippen LogP contribution in [0.25, 0.3) is 5.65 Å². The van der Waals surface area contributed by atoms with Crippen molar-refractivity contribution in [1.29, 1.82) is 0 Å². The Hall–Kier alpha value is -1.65. The predicted octanol–water partition coefficient (Wildman–Crippen LogP) is 0.646. The van der Waals surface area contributed by atoms with E-state index in [2.05, 4.69) is 9.97 Å². The van der Waals surface area contributed by atoms with Crippen molar-refractivity contribution in [3.63, 3.8) is 0 Å². The number of rotatable bonds is 0. The van der Waals surface area contributed by atoms with Crippen LogP contribution in [0.3, 0.4) is 0 Å². The Bertz CT molecular complexity index is 517. The Morgan fingerprint density at radius 1 is 1.36 bits per heavy atom. The smallest absolute Gasteiger partial charge is 0.291 e. The van der Waals surface area contributed by atoms with Gasteiger partial charge in [-0.3, -0.25) is 4.57 Å². The highest BCUT2D eigenvalue weighted by Gasteiger charge is 2.17. The summed E-state index contributed by atoms with van der Waals surface area (Å²) in [5, 5.41) is 0. The highest BCUT2D eigenvalue weighted by molar-refractivity contribution is 5.33. The number of hydrogen-bond acceptors (Lipinski definition) is 3. The number of nitrogens with zero attached hydrogens (tertiary/aromatic N) is 4. The fraction of sp³-hybridized carbons (Fsp3) is 0.444. The zero-order valence-electron chi connectivity index (χ0n) is 8.43. The summed E-state index contributed by atoms with van der Waals surface area (Å²) in [7, 11) is 0. The van der Waals surface area contributed by atoms with E-state index in [1.54, 1.807) is 10.8 Å². The van der Waals surface area contributed by atoms with Crippen LogP contribution in [0, 0.1) is 0 Å². The monoisotopic (exact) mass is 192 g/mol. The van der Waals surface area contributed by atoms with Gasteiger partial charge in [-0.05, 0) is 20.8 Å². The summed E-state index contributed by atoms with van der Waals surface area (Å²) in [5.74, 6) is 0. The molecule has 0 amide bonds. The minimum Gasteiger partial charge on any atom is -0.291 e. The van der Waals surface area contributed by atoms with E-state index in [1.165, 1.54) is 17.1 Å². The lowest BCUT2D eigenvalue weighted by Gasteiger charge is -2.18. The first kappa shape index (κ1) is 8.93. The molecule has 2 rings (SSSR count). The Labute approximate surface area is 81.0 Å². The highest BCUT2D eigenvalue weighted by Crippen LogP contribution is 2.11. The molecule has 0 saturated carbocycles. The van der Waals surface area contributed by atoms with Crippen LogP contribution in [0.5, 0.6) is 0 Å². The van der Waals surface area contributed by atoms with Crippen LogP contribution in [0.2, 0.25) is 0 Å². The minimum absolute atomic E-state index is 0.104. The van der Waals surface area contributed by atoms with Crippen LogP contribution >= 0.6 is 0 Å². The predicted molar refractivity (Wildman–Crippen MR) is 52.2 cm³/mol. The van der Waals surface area contributed by atoms with Gasteiger partial charge in [-0.25, -0.2) is 19.2 Å². The Kier molecular flexibility index (Phi) is 1.70. The molecule has 2 aromatic heterocycles. The van der Waals surface area contributed by atoms with Crippen LogP contribution in [-0.4, -0.2) is 18.9 Å². The van der Waals surface area contributed by atoms with E-state index in [9.17, 15) is 4.79 Å². The van der Waals surface area contributed by atoms with E-state index in [-0.39, 0.29) is 11.2 Å². The molecule has 0 aliphatic carbocycles. The molecule has 0 aromatic carbocycles. The van der Waals surface area contributed by atoms with Gasteiger partial charge in [0, 0.05) is 5.54 Å². The molecule has 0 fully saturated rings. The summed E-state index contributed by atoms with van der Waals surface area (Å²) >= 11 is 0. The average Bonchev–Trinajstić information content (AvgIpc) is 2.44. The molecule has 5 heteroatoms. The zero-order valence-corrected chi connectivity index (χ0v) is 8.43. The lowest BCUT2D eigenvalue weighted by Crippen LogP contribution is -2.32. The van der Waals surface area contributed by atoms with Crippen molar-refractivity contribution in [2.45, 2.75) is 26.3 Å². The van der Waals surface area contributed by atoms with Crippen LogP contribution < -0.4 is 5.69 Å². The van der Waals surface area contributed by atoms with Crippen molar-refractivity contribution < 1.29 is 0 Å². The van der Waals surface area contributed by atoms with E-state index < -0.39 is 0 Å². The lowest BCUT2D eigenvalue weighted by atomic mass is 10.1. The molecule has 0 aliphatic rings. The summed E-state index contributed by atoms with van der Waals surface area (Å²) in [4.78, 5) is 19.6. The molecule has 0 unspecified atom stereocenters. The van der Waals surface area contributed by atoms with Crippen LogP contribution in [0.4, 0.5) is 0 Å². The molecule has 0 atom stereocenters. The number of hydrogen-bond donors (Lipinski definition) is 0. The third-order valence-corrected chi connectivity index (χ3v) is 2.07. The van der Waals surface area contributed by atoms with Gasteiger partial charge in [0.15, 0.2) is 5.65 Å². The van der Waals surface area contributed by atoms with Crippen molar-refractivity contribution in [2.75, 3.05) is 0 Å². The average molecular weight is 192 g/mol. The van der Waals surface area contributed by atoms with Crippen molar-refractivity contribution in [3.05, 3.63) is 29.3 Å². The Morgan fingerprint density at radius 3 is 2.64 bits per heavy atom. The maximum absolute atomic E-state index is 11.8. The summed E-state index contributed by atoms with van der Waals surface area (Å²) in [6.45, 7) is 5.92. The second-order valence-corrected chi connectivity index (χ2v) is 4.19. The van der Waals surface area contributed by atoms with Crippen molar-refractivity contribution >= 4 is 5.65 Å². The van der Waals surface area contributed by atoms with Crippen molar-refractivity contribution in [1.82, 2.24) is 18.9 Å². The second kappa shape index (κ2) is 2.67. The molecule has 0 aliphatic heterocycles. The van der Waals surface area contributed by atoms with Crippen molar-refractivity contribution in [2.24, 2.45) is 0 Å². The quantitative estimate of drug-likeness (QED) is 0.615.